The number of hydrogen-bond acceptors (Lipinski definition) is 2. The number of carbonyl (C=O) groups excluding carboxylic acids is 1. The van der Waals surface area contributed by atoms with Gasteiger partial charge in [0.2, 0.25) is 0 Å². The summed E-state index contributed by atoms with van der Waals surface area (Å²) in [4.78, 5) is 20.8. The number of aliphatic carboxylic acids is 1. The molecule has 1 aliphatic rings. The van der Waals surface area contributed by atoms with Crippen LogP contribution in [-0.4, -0.2) is 23.5 Å². The molecule has 0 aromatic carbocycles. The van der Waals surface area contributed by atoms with Gasteiger partial charge in [-0.05, 0) is 32.1 Å². The van der Waals surface area contributed by atoms with Crippen molar-refractivity contribution in [3.8, 4) is 0 Å². The zero-order valence-electron chi connectivity index (χ0n) is 8.08. The molecule has 4 nitrogen and oxygen atoms in total. The van der Waals surface area contributed by atoms with Crippen molar-refractivity contribution in [2.75, 3.05) is 6.54 Å². The minimum Gasteiger partial charge on any atom is -0.474 e. The van der Waals surface area contributed by atoms with E-state index in [1.165, 1.54) is 18.4 Å². The fraction of sp³-hybridized carbons (Fsp3) is 0.600. The summed E-state index contributed by atoms with van der Waals surface area (Å²) in [5.74, 6) is -2.33. The largest absolute Gasteiger partial charge is 0.474 e. The van der Waals surface area contributed by atoms with Gasteiger partial charge in [0.25, 0.3) is 0 Å². The zero-order valence-corrected chi connectivity index (χ0v) is 8.08. The highest BCUT2D eigenvalue weighted by Crippen LogP contribution is 2.19. The monoisotopic (exact) mass is 197 g/mol. The van der Waals surface area contributed by atoms with E-state index in [4.69, 9.17) is 5.11 Å². The lowest BCUT2D eigenvalue weighted by molar-refractivity contribution is -0.150. The Hall–Kier alpha value is -1.32. The number of allylic oxidation sites excluding steroid dienone is 1. The Morgan fingerprint density at radius 3 is 2.79 bits per heavy atom. The second kappa shape index (κ2) is 5.42. The molecule has 14 heavy (non-hydrogen) atoms. The lowest BCUT2D eigenvalue weighted by Gasteiger charge is -2.12. The maximum absolute atomic E-state index is 10.7. The van der Waals surface area contributed by atoms with Crippen LogP contribution in [0.4, 0.5) is 0 Å². The highest BCUT2D eigenvalue weighted by Gasteiger charge is 2.10. The van der Waals surface area contributed by atoms with Crippen LogP contribution < -0.4 is 5.32 Å². The van der Waals surface area contributed by atoms with E-state index in [9.17, 15) is 9.59 Å². The maximum Gasteiger partial charge on any atom is 0.394 e. The molecule has 0 fully saturated rings. The zero-order chi connectivity index (χ0) is 10.4. The molecule has 2 N–H and O–H groups in total. The van der Waals surface area contributed by atoms with Crippen molar-refractivity contribution in [1.29, 1.82) is 0 Å². The Kier molecular flexibility index (Phi) is 4.16. The average Bonchev–Trinajstić information content (AvgIpc) is 2.19. The Bertz CT molecular complexity index is 258. The van der Waals surface area contributed by atoms with Gasteiger partial charge in [-0.3, -0.25) is 4.79 Å². The number of carboxylic acids is 1. The summed E-state index contributed by atoms with van der Waals surface area (Å²) in [6.45, 7) is 0.428. The molecule has 0 radical (unpaired) electrons. The molecule has 0 atom stereocenters. The van der Waals surface area contributed by atoms with Gasteiger partial charge in [-0.25, -0.2) is 4.79 Å². The first-order valence-electron chi connectivity index (χ1n) is 4.89. The summed E-state index contributed by atoms with van der Waals surface area (Å²) in [5, 5.41) is 10.6. The van der Waals surface area contributed by atoms with Crippen molar-refractivity contribution >= 4 is 11.9 Å². The number of carbonyl (C=O) groups is 2. The highest BCUT2D eigenvalue weighted by molar-refractivity contribution is 6.31. The molecule has 0 aliphatic heterocycles. The normalized spacial score (nSPS) is 15.9. The summed E-state index contributed by atoms with van der Waals surface area (Å²) in [5.41, 5.74) is 1.34. The Labute approximate surface area is 83.0 Å². The third kappa shape index (κ3) is 3.60. The van der Waals surface area contributed by atoms with Crippen LogP contribution >= 0.6 is 0 Å². The topological polar surface area (TPSA) is 66.4 Å². The van der Waals surface area contributed by atoms with E-state index in [0.29, 0.717) is 6.54 Å². The van der Waals surface area contributed by atoms with E-state index in [-0.39, 0.29) is 0 Å². The highest BCUT2D eigenvalue weighted by atomic mass is 16.4. The molecular formula is C10H15NO3. The SMILES string of the molecule is O=C(O)C(=O)NCCC1=CCCCC1. The van der Waals surface area contributed by atoms with Gasteiger partial charge in [0.05, 0.1) is 0 Å². The van der Waals surface area contributed by atoms with Crippen LogP contribution in [-0.2, 0) is 9.59 Å². The molecule has 78 valence electrons. The smallest absolute Gasteiger partial charge is 0.394 e. The summed E-state index contributed by atoms with van der Waals surface area (Å²) in [7, 11) is 0. The van der Waals surface area contributed by atoms with E-state index in [2.05, 4.69) is 11.4 Å². The Morgan fingerprint density at radius 2 is 2.21 bits per heavy atom. The van der Waals surface area contributed by atoms with Gasteiger partial charge in [-0.2, -0.15) is 0 Å². The van der Waals surface area contributed by atoms with Crippen molar-refractivity contribution in [3.05, 3.63) is 11.6 Å². The Morgan fingerprint density at radius 1 is 1.43 bits per heavy atom. The van der Waals surface area contributed by atoms with Gasteiger partial charge in [-0.1, -0.05) is 11.6 Å². The molecule has 0 bridgehead atoms. The summed E-state index contributed by atoms with van der Waals surface area (Å²) in [6, 6.07) is 0. The van der Waals surface area contributed by atoms with Gasteiger partial charge >= 0.3 is 11.9 Å². The van der Waals surface area contributed by atoms with E-state index >= 15 is 0 Å². The van der Waals surface area contributed by atoms with Crippen molar-refractivity contribution in [1.82, 2.24) is 5.32 Å². The second-order valence-corrected chi connectivity index (χ2v) is 3.42. The Balaban J connectivity index is 2.17. The number of rotatable bonds is 3. The van der Waals surface area contributed by atoms with Gasteiger partial charge in [0, 0.05) is 6.54 Å². The molecule has 0 heterocycles. The van der Waals surface area contributed by atoms with E-state index < -0.39 is 11.9 Å². The van der Waals surface area contributed by atoms with Crippen LogP contribution in [0.25, 0.3) is 0 Å². The quantitative estimate of drug-likeness (QED) is 0.525. The van der Waals surface area contributed by atoms with Crippen LogP contribution in [0.5, 0.6) is 0 Å². The van der Waals surface area contributed by atoms with Crippen LogP contribution in [0.1, 0.15) is 32.1 Å². The number of amides is 1. The summed E-state index contributed by atoms with van der Waals surface area (Å²) in [6.07, 6.45) is 7.62. The van der Waals surface area contributed by atoms with E-state index in [1.54, 1.807) is 0 Å². The molecule has 0 aromatic rings. The van der Waals surface area contributed by atoms with Crippen LogP contribution in [0, 0.1) is 0 Å². The van der Waals surface area contributed by atoms with E-state index in [1.807, 2.05) is 0 Å². The lowest BCUT2D eigenvalue weighted by atomic mass is 9.97. The number of nitrogens with one attached hydrogen (secondary N) is 1. The predicted octanol–water partition coefficient (Wildman–Crippen LogP) is 1.08. The number of carboxylic acid groups (broad SMARTS) is 1. The van der Waals surface area contributed by atoms with Crippen molar-refractivity contribution in [2.24, 2.45) is 0 Å². The second-order valence-electron chi connectivity index (χ2n) is 3.42. The van der Waals surface area contributed by atoms with Crippen LogP contribution in [0.15, 0.2) is 11.6 Å². The number of hydrogen-bond donors (Lipinski definition) is 2. The molecule has 1 aliphatic carbocycles. The molecule has 0 unspecified atom stereocenters. The first kappa shape index (κ1) is 10.8. The lowest BCUT2D eigenvalue weighted by Crippen LogP contribution is -2.31. The van der Waals surface area contributed by atoms with Crippen LogP contribution in [0.2, 0.25) is 0 Å². The fourth-order valence-electron chi connectivity index (χ4n) is 1.54. The summed E-state index contributed by atoms with van der Waals surface area (Å²) < 4.78 is 0. The van der Waals surface area contributed by atoms with Crippen molar-refractivity contribution in [3.63, 3.8) is 0 Å². The molecule has 0 aromatic heterocycles. The third-order valence-electron chi connectivity index (χ3n) is 2.31. The molecule has 1 rings (SSSR count). The van der Waals surface area contributed by atoms with E-state index in [0.717, 1.165) is 19.3 Å². The molecule has 0 spiro atoms. The first-order chi connectivity index (χ1) is 6.70. The standard InChI is InChI=1S/C10H15NO3/c12-9(10(13)14)11-7-6-8-4-2-1-3-5-8/h4H,1-3,5-7H2,(H,11,12)(H,13,14). The molecule has 1 amide bonds. The minimum absolute atomic E-state index is 0.428. The fourth-order valence-corrected chi connectivity index (χ4v) is 1.54. The first-order valence-corrected chi connectivity index (χ1v) is 4.89. The van der Waals surface area contributed by atoms with Gasteiger partial charge in [0.15, 0.2) is 0 Å². The van der Waals surface area contributed by atoms with Crippen molar-refractivity contribution < 1.29 is 14.7 Å². The average molecular weight is 197 g/mol. The molecule has 0 saturated heterocycles. The van der Waals surface area contributed by atoms with Gasteiger partial charge < -0.3 is 10.4 Å². The molecule has 4 heteroatoms. The van der Waals surface area contributed by atoms with Gasteiger partial charge in [0.1, 0.15) is 0 Å². The van der Waals surface area contributed by atoms with Gasteiger partial charge in [-0.15, -0.1) is 0 Å². The summed E-state index contributed by atoms with van der Waals surface area (Å²) >= 11 is 0. The molecule has 0 saturated carbocycles. The van der Waals surface area contributed by atoms with Crippen LogP contribution in [0.3, 0.4) is 0 Å². The molecular weight excluding hydrogens is 182 g/mol. The minimum atomic E-state index is -1.41. The van der Waals surface area contributed by atoms with Crippen molar-refractivity contribution in [2.45, 2.75) is 32.1 Å². The maximum atomic E-state index is 10.7. The predicted molar refractivity (Wildman–Crippen MR) is 51.8 cm³/mol. The third-order valence-corrected chi connectivity index (χ3v) is 2.31.